The van der Waals surface area contributed by atoms with Crippen molar-refractivity contribution < 1.29 is 22.7 Å². The van der Waals surface area contributed by atoms with Crippen molar-refractivity contribution in [2.75, 3.05) is 59.5 Å². The van der Waals surface area contributed by atoms with Crippen LogP contribution < -0.4 is 4.74 Å². The van der Waals surface area contributed by atoms with Crippen molar-refractivity contribution in [2.45, 2.75) is 49.5 Å². The zero-order valence-electron chi connectivity index (χ0n) is 19.0. The summed E-state index contributed by atoms with van der Waals surface area (Å²) >= 11 is 0. The minimum absolute atomic E-state index is 0.167. The van der Waals surface area contributed by atoms with Crippen LogP contribution in [-0.2, 0) is 14.8 Å². The van der Waals surface area contributed by atoms with Crippen LogP contribution in [0.1, 0.15) is 48.9 Å². The summed E-state index contributed by atoms with van der Waals surface area (Å²) in [5, 5.41) is 0. The highest BCUT2D eigenvalue weighted by atomic mass is 32.2. The van der Waals surface area contributed by atoms with Gasteiger partial charge in [0.15, 0.2) is 0 Å². The van der Waals surface area contributed by atoms with Gasteiger partial charge in [-0.25, -0.2) is 8.42 Å². The number of benzene rings is 1. The molecule has 0 saturated carbocycles. The SMILES string of the molecule is COc1ccc(S(=O)(=O)N2CCCCCC2)cc1C(=O)N1CCN(CC2CCCO2)CC1. The Morgan fingerprint density at radius 2 is 1.75 bits per heavy atom. The number of sulfonamides is 1. The average Bonchev–Trinajstić information content (AvgIpc) is 3.16. The molecule has 178 valence electrons. The van der Waals surface area contributed by atoms with E-state index in [2.05, 4.69) is 4.90 Å². The van der Waals surface area contributed by atoms with Crippen LogP contribution in [-0.4, -0.2) is 94.1 Å². The maximum Gasteiger partial charge on any atom is 0.257 e. The zero-order valence-corrected chi connectivity index (χ0v) is 19.8. The topological polar surface area (TPSA) is 79.4 Å². The van der Waals surface area contributed by atoms with Crippen molar-refractivity contribution >= 4 is 15.9 Å². The first-order valence-corrected chi connectivity index (χ1v) is 13.2. The number of carbonyl (C=O) groups excluding carboxylic acids is 1. The molecule has 9 heteroatoms. The number of carbonyl (C=O) groups is 1. The van der Waals surface area contributed by atoms with Crippen molar-refractivity contribution in [2.24, 2.45) is 0 Å². The molecule has 32 heavy (non-hydrogen) atoms. The van der Waals surface area contributed by atoms with Crippen LogP contribution in [0, 0.1) is 0 Å². The Morgan fingerprint density at radius 3 is 2.38 bits per heavy atom. The molecule has 8 nitrogen and oxygen atoms in total. The van der Waals surface area contributed by atoms with E-state index in [-0.39, 0.29) is 10.8 Å². The molecule has 1 aromatic carbocycles. The fourth-order valence-corrected chi connectivity index (χ4v) is 6.37. The Labute approximate surface area is 191 Å². The standard InChI is InChI=1S/C23H35N3O5S/c1-30-22-9-8-20(32(28,29)26-10-4-2-3-5-11-26)17-21(22)23(27)25-14-12-24(13-15-25)18-19-7-6-16-31-19/h8-9,17,19H,2-7,10-16,18H2,1H3. The number of nitrogens with zero attached hydrogens (tertiary/aromatic N) is 3. The summed E-state index contributed by atoms with van der Waals surface area (Å²) < 4.78 is 39.2. The molecule has 3 aliphatic heterocycles. The quantitative estimate of drug-likeness (QED) is 0.641. The highest BCUT2D eigenvalue weighted by Gasteiger charge is 2.30. The first kappa shape index (κ1) is 23.5. The molecule has 3 fully saturated rings. The Balaban J connectivity index is 1.47. The minimum atomic E-state index is -3.63. The Bertz CT molecular complexity index is 885. The molecule has 3 heterocycles. The van der Waals surface area contributed by atoms with Crippen LogP contribution >= 0.6 is 0 Å². The molecule has 4 rings (SSSR count). The van der Waals surface area contributed by atoms with Crippen molar-refractivity contribution in [3.05, 3.63) is 23.8 Å². The molecule has 3 aliphatic rings. The minimum Gasteiger partial charge on any atom is -0.496 e. The summed E-state index contributed by atoms with van der Waals surface area (Å²) in [6.45, 7) is 5.62. The summed E-state index contributed by atoms with van der Waals surface area (Å²) in [5.41, 5.74) is 0.316. The lowest BCUT2D eigenvalue weighted by Crippen LogP contribution is -2.50. The molecule has 0 spiro atoms. The summed E-state index contributed by atoms with van der Waals surface area (Å²) in [4.78, 5) is 17.6. The van der Waals surface area contributed by atoms with Crippen LogP contribution in [0.3, 0.4) is 0 Å². The average molecular weight is 466 g/mol. The molecular weight excluding hydrogens is 430 g/mol. The second kappa shape index (κ2) is 10.5. The number of ether oxygens (including phenoxy) is 2. The number of hydrogen-bond donors (Lipinski definition) is 0. The van der Waals surface area contributed by atoms with E-state index in [1.807, 2.05) is 0 Å². The summed E-state index contributed by atoms with van der Waals surface area (Å²) in [6.07, 6.45) is 6.38. The zero-order chi connectivity index (χ0) is 22.6. The van der Waals surface area contributed by atoms with Crippen molar-refractivity contribution in [3.63, 3.8) is 0 Å². The van der Waals surface area contributed by atoms with Gasteiger partial charge in [0.05, 0.1) is 23.7 Å². The first-order valence-electron chi connectivity index (χ1n) is 11.8. The maximum atomic E-state index is 13.3. The molecule has 0 bridgehead atoms. The fourth-order valence-electron chi connectivity index (χ4n) is 4.83. The van der Waals surface area contributed by atoms with Gasteiger partial charge >= 0.3 is 0 Å². The van der Waals surface area contributed by atoms with Crippen LogP contribution in [0.4, 0.5) is 0 Å². The number of methoxy groups -OCH3 is 1. The van der Waals surface area contributed by atoms with Gasteiger partial charge in [-0.15, -0.1) is 0 Å². The third-order valence-corrected chi connectivity index (χ3v) is 8.64. The maximum absolute atomic E-state index is 13.3. The molecule has 0 aromatic heterocycles. The molecule has 1 atom stereocenters. The van der Waals surface area contributed by atoms with E-state index in [1.54, 1.807) is 21.3 Å². The van der Waals surface area contributed by atoms with E-state index in [9.17, 15) is 13.2 Å². The van der Waals surface area contributed by atoms with Gasteiger partial charge in [0.25, 0.3) is 5.91 Å². The van der Waals surface area contributed by atoms with E-state index in [4.69, 9.17) is 9.47 Å². The summed E-state index contributed by atoms with van der Waals surface area (Å²) in [7, 11) is -2.13. The second-order valence-electron chi connectivity index (χ2n) is 8.91. The number of hydrogen-bond acceptors (Lipinski definition) is 6. The third-order valence-electron chi connectivity index (χ3n) is 6.75. The number of piperazine rings is 1. The lowest BCUT2D eigenvalue weighted by Gasteiger charge is -2.36. The van der Waals surface area contributed by atoms with Crippen molar-refractivity contribution in [1.82, 2.24) is 14.1 Å². The molecule has 1 unspecified atom stereocenters. The molecule has 0 radical (unpaired) electrons. The van der Waals surface area contributed by atoms with E-state index < -0.39 is 10.0 Å². The number of rotatable bonds is 6. The van der Waals surface area contributed by atoms with Gasteiger partial charge in [0.2, 0.25) is 10.0 Å². The smallest absolute Gasteiger partial charge is 0.257 e. The molecule has 1 aromatic rings. The molecule has 3 saturated heterocycles. The van der Waals surface area contributed by atoms with Crippen LogP contribution in [0.15, 0.2) is 23.1 Å². The first-order chi connectivity index (χ1) is 15.5. The van der Waals surface area contributed by atoms with Gasteiger partial charge in [-0.3, -0.25) is 9.69 Å². The largest absolute Gasteiger partial charge is 0.496 e. The van der Waals surface area contributed by atoms with E-state index >= 15 is 0 Å². The lowest BCUT2D eigenvalue weighted by molar-refractivity contribution is 0.0431. The summed E-state index contributed by atoms with van der Waals surface area (Å²) in [5.74, 6) is 0.234. The predicted molar refractivity (Wildman–Crippen MR) is 122 cm³/mol. The van der Waals surface area contributed by atoms with Gasteiger partial charge in [-0.1, -0.05) is 12.8 Å². The highest BCUT2D eigenvalue weighted by Crippen LogP contribution is 2.27. The van der Waals surface area contributed by atoms with Crippen molar-refractivity contribution in [3.8, 4) is 5.75 Å². The normalized spacial score (nSPS) is 23.8. The van der Waals surface area contributed by atoms with Crippen LogP contribution in [0.2, 0.25) is 0 Å². The van der Waals surface area contributed by atoms with E-state index in [1.165, 1.54) is 13.2 Å². The van der Waals surface area contributed by atoms with Gasteiger partial charge in [-0.2, -0.15) is 4.31 Å². The van der Waals surface area contributed by atoms with Crippen molar-refractivity contribution in [1.29, 1.82) is 0 Å². The van der Waals surface area contributed by atoms with E-state index in [0.29, 0.717) is 43.6 Å². The lowest BCUT2D eigenvalue weighted by atomic mass is 10.1. The van der Waals surface area contributed by atoms with E-state index in [0.717, 1.165) is 64.8 Å². The van der Waals surface area contributed by atoms with Gasteiger partial charge in [-0.05, 0) is 43.9 Å². The fraction of sp³-hybridized carbons (Fsp3) is 0.696. The Hall–Kier alpha value is -1.68. The molecule has 0 N–H and O–H groups in total. The molecular formula is C23H35N3O5S. The Kier molecular flexibility index (Phi) is 7.70. The second-order valence-corrected chi connectivity index (χ2v) is 10.8. The predicted octanol–water partition coefficient (Wildman–Crippen LogP) is 2.20. The highest BCUT2D eigenvalue weighted by molar-refractivity contribution is 7.89. The monoisotopic (exact) mass is 465 g/mol. The Morgan fingerprint density at radius 1 is 1.03 bits per heavy atom. The third kappa shape index (κ3) is 5.27. The van der Waals surface area contributed by atoms with Crippen LogP contribution in [0.25, 0.3) is 0 Å². The van der Waals surface area contributed by atoms with Crippen LogP contribution in [0.5, 0.6) is 5.75 Å². The van der Waals surface area contributed by atoms with Gasteiger partial charge in [0.1, 0.15) is 5.75 Å². The van der Waals surface area contributed by atoms with Gasteiger partial charge in [0, 0.05) is 52.4 Å². The molecule has 1 amide bonds. The number of amides is 1. The van der Waals surface area contributed by atoms with Gasteiger partial charge < -0.3 is 14.4 Å². The molecule has 0 aliphatic carbocycles. The summed E-state index contributed by atoms with van der Waals surface area (Å²) in [6, 6.07) is 4.65.